The summed E-state index contributed by atoms with van der Waals surface area (Å²) < 4.78 is 5.86. The lowest BCUT2D eigenvalue weighted by Gasteiger charge is -2.16. The molecule has 1 fully saturated rings. The third-order valence-corrected chi connectivity index (χ3v) is 3.74. The molecule has 0 saturated carbocycles. The summed E-state index contributed by atoms with van der Waals surface area (Å²) >= 11 is 3.36. The molecule has 108 valence electrons. The van der Waals surface area contributed by atoms with Gasteiger partial charge >= 0.3 is 12.0 Å². The Kier molecular flexibility index (Phi) is 4.61. The van der Waals surface area contributed by atoms with E-state index < -0.39 is 24.0 Å². The number of anilines is 1. The molecular formula is C13H15BrN2O4. The fourth-order valence-corrected chi connectivity index (χ4v) is 2.58. The van der Waals surface area contributed by atoms with Crippen LogP contribution in [0.25, 0.3) is 0 Å². The lowest BCUT2D eigenvalue weighted by Crippen LogP contribution is -2.44. The number of nitrogens with one attached hydrogen (secondary N) is 2. The van der Waals surface area contributed by atoms with Gasteiger partial charge < -0.3 is 20.5 Å². The topological polar surface area (TPSA) is 87.7 Å². The number of benzene rings is 1. The second-order valence-electron chi connectivity index (χ2n) is 4.67. The highest BCUT2D eigenvalue weighted by Gasteiger charge is 2.35. The molecule has 2 amide bonds. The molecule has 7 heteroatoms. The summed E-state index contributed by atoms with van der Waals surface area (Å²) in [6, 6.07) is 4.57. The van der Waals surface area contributed by atoms with Gasteiger partial charge in [0.25, 0.3) is 0 Å². The predicted molar refractivity (Wildman–Crippen MR) is 76.8 cm³/mol. The number of urea groups is 1. The van der Waals surface area contributed by atoms with E-state index >= 15 is 0 Å². The van der Waals surface area contributed by atoms with E-state index in [-0.39, 0.29) is 13.2 Å². The van der Waals surface area contributed by atoms with Crippen LogP contribution in [0.4, 0.5) is 10.5 Å². The van der Waals surface area contributed by atoms with Crippen molar-refractivity contribution in [2.75, 3.05) is 18.5 Å². The zero-order chi connectivity index (χ0) is 14.7. The van der Waals surface area contributed by atoms with Crippen molar-refractivity contribution in [1.29, 1.82) is 0 Å². The van der Waals surface area contributed by atoms with E-state index in [4.69, 9.17) is 9.84 Å². The summed E-state index contributed by atoms with van der Waals surface area (Å²) in [5.74, 6) is -1.67. The molecule has 0 aliphatic carbocycles. The molecule has 0 aromatic heterocycles. The minimum absolute atomic E-state index is 0.120. The minimum Gasteiger partial charge on any atom is -0.481 e. The standard InChI is InChI=1S/C13H15BrN2O4/c1-7-2-3-10(9(14)4-7)15-13(19)16-11-6-20-5-8(11)12(17)18/h2-4,8,11H,5-6H2,1H3,(H,17,18)(H2,15,16,19). The molecule has 3 N–H and O–H groups in total. The van der Waals surface area contributed by atoms with Crippen LogP contribution < -0.4 is 10.6 Å². The number of hydrogen-bond acceptors (Lipinski definition) is 3. The Morgan fingerprint density at radius 3 is 2.80 bits per heavy atom. The lowest BCUT2D eigenvalue weighted by molar-refractivity contribution is -0.142. The number of ether oxygens (including phenoxy) is 1. The van der Waals surface area contributed by atoms with Crippen molar-refractivity contribution >= 4 is 33.6 Å². The van der Waals surface area contributed by atoms with E-state index in [0.717, 1.165) is 10.0 Å². The number of carboxylic acid groups (broad SMARTS) is 1. The highest BCUT2D eigenvalue weighted by Crippen LogP contribution is 2.23. The molecule has 1 aliphatic rings. The van der Waals surface area contributed by atoms with Gasteiger partial charge in [0.15, 0.2) is 0 Å². The van der Waals surface area contributed by atoms with Crippen LogP contribution in [0.2, 0.25) is 0 Å². The van der Waals surface area contributed by atoms with Crippen molar-refractivity contribution in [3.05, 3.63) is 28.2 Å². The number of aryl methyl sites for hydroxylation is 1. The van der Waals surface area contributed by atoms with Gasteiger partial charge in [-0.1, -0.05) is 6.07 Å². The molecule has 6 nitrogen and oxygen atoms in total. The summed E-state index contributed by atoms with van der Waals surface area (Å²) in [7, 11) is 0. The zero-order valence-electron chi connectivity index (χ0n) is 10.9. The summed E-state index contributed by atoms with van der Waals surface area (Å²) in [6.45, 7) is 2.27. The van der Waals surface area contributed by atoms with Gasteiger partial charge in [0.05, 0.1) is 24.9 Å². The van der Waals surface area contributed by atoms with Crippen LogP contribution in [0, 0.1) is 12.8 Å². The molecule has 0 radical (unpaired) electrons. The second-order valence-corrected chi connectivity index (χ2v) is 5.52. The molecule has 1 heterocycles. The maximum absolute atomic E-state index is 11.9. The average Bonchev–Trinajstić information content (AvgIpc) is 2.81. The van der Waals surface area contributed by atoms with Gasteiger partial charge in [0.1, 0.15) is 5.92 Å². The number of aliphatic carboxylic acids is 1. The van der Waals surface area contributed by atoms with Crippen LogP contribution in [0.3, 0.4) is 0 Å². The SMILES string of the molecule is Cc1ccc(NC(=O)NC2COCC2C(=O)O)c(Br)c1. The molecule has 0 bridgehead atoms. The summed E-state index contributed by atoms with van der Waals surface area (Å²) in [5, 5.41) is 14.3. The van der Waals surface area contributed by atoms with Crippen molar-refractivity contribution in [2.24, 2.45) is 5.92 Å². The Balaban J connectivity index is 1.97. The van der Waals surface area contributed by atoms with Gasteiger partial charge in [-0.3, -0.25) is 4.79 Å². The van der Waals surface area contributed by atoms with E-state index in [1.54, 1.807) is 6.07 Å². The molecule has 2 atom stereocenters. The monoisotopic (exact) mass is 342 g/mol. The molecular weight excluding hydrogens is 328 g/mol. The first-order valence-corrected chi connectivity index (χ1v) is 6.91. The second kappa shape index (κ2) is 6.23. The lowest BCUT2D eigenvalue weighted by atomic mass is 10.0. The van der Waals surface area contributed by atoms with Crippen LogP contribution >= 0.6 is 15.9 Å². The highest BCUT2D eigenvalue weighted by atomic mass is 79.9. The van der Waals surface area contributed by atoms with Crippen LogP contribution in [-0.4, -0.2) is 36.4 Å². The summed E-state index contributed by atoms with van der Waals surface area (Å²) in [5.41, 5.74) is 1.69. The Bertz CT molecular complexity index is 535. The molecule has 20 heavy (non-hydrogen) atoms. The quantitative estimate of drug-likeness (QED) is 0.783. The largest absolute Gasteiger partial charge is 0.481 e. The van der Waals surface area contributed by atoms with Gasteiger partial charge in [0, 0.05) is 4.47 Å². The Morgan fingerprint density at radius 1 is 1.40 bits per heavy atom. The normalized spacial score (nSPS) is 21.5. The van der Waals surface area contributed by atoms with Gasteiger partial charge in [-0.25, -0.2) is 4.79 Å². The molecule has 1 aliphatic heterocycles. The van der Waals surface area contributed by atoms with Crippen molar-refractivity contribution in [3.63, 3.8) is 0 Å². The van der Waals surface area contributed by atoms with E-state index in [0.29, 0.717) is 5.69 Å². The fraction of sp³-hybridized carbons (Fsp3) is 0.385. The van der Waals surface area contributed by atoms with E-state index in [1.165, 1.54) is 0 Å². The number of halogens is 1. The van der Waals surface area contributed by atoms with E-state index in [2.05, 4.69) is 26.6 Å². The highest BCUT2D eigenvalue weighted by molar-refractivity contribution is 9.10. The first-order chi connectivity index (χ1) is 9.47. The number of carboxylic acids is 1. The molecule has 1 aromatic carbocycles. The van der Waals surface area contributed by atoms with E-state index in [9.17, 15) is 9.59 Å². The van der Waals surface area contributed by atoms with Crippen molar-refractivity contribution in [2.45, 2.75) is 13.0 Å². The van der Waals surface area contributed by atoms with Gasteiger partial charge in [-0.05, 0) is 40.5 Å². The number of amides is 2. The Morgan fingerprint density at radius 2 is 2.15 bits per heavy atom. The number of carbonyl (C=O) groups is 2. The van der Waals surface area contributed by atoms with Crippen molar-refractivity contribution < 1.29 is 19.4 Å². The minimum atomic E-state index is -0.968. The Labute approximate surface area is 124 Å². The summed E-state index contributed by atoms with van der Waals surface area (Å²) in [4.78, 5) is 22.9. The number of rotatable bonds is 3. The maximum atomic E-state index is 11.9. The van der Waals surface area contributed by atoms with Crippen molar-refractivity contribution in [1.82, 2.24) is 5.32 Å². The average molecular weight is 343 g/mol. The first-order valence-electron chi connectivity index (χ1n) is 6.11. The molecule has 2 unspecified atom stereocenters. The smallest absolute Gasteiger partial charge is 0.319 e. The molecule has 1 saturated heterocycles. The van der Waals surface area contributed by atoms with Crippen molar-refractivity contribution in [3.8, 4) is 0 Å². The number of carbonyl (C=O) groups excluding carboxylic acids is 1. The van der Waals surface area contributed by atoms with E-state index in [1.807, 2.05) is 19.1 Å². The van der Waals surface area contributed by atoms with Crippen LogP contribution in [0.1, 0.15) is 5.56 Å². The van der Waals surface area contributed by atoms with Crippen LogP contribution in [0.15, 0.2) is 22.7 Å². The number of hydrogen-bond donors (Lipinski definition) is 3. The predicted octanol–water partition coefficient (Wildman–Crippen LogP) is 1.98. The fourth-order valence-electron chi connectivity index (χ4n) is 1.99. The third-order valence-electron chi connectivity index (χ3n) is 3.09. The third kappa shape index (κ3) is 3.49. The van der Waals surface area contributed by atoms with Crippen LogP contribution in [-0.2, 0) is 9.53 Å². The summed E-state index contributed by atoms with van der Waals surface area (Å²) in [6.07, 6.45) is 0. The zero-order valence-corrected chi connectivity index (χ0v) is 12.4. The molecule has 0 spiro atoms. The molecule has 2 rings (SSSR count). The maximum Gasteiger partial charge on any atom is 0.319 e. The van der Waals surface area contributed by atoms with Gasteiger partial charge in [-0.2, -0.15) is 0 Å². The first kappa shape index (κ1) is 14.8. The van der Waals surface area contributed by atoms with Gasteiger partial charge in [-0.15, -0.1) is 0 Å². The molecule has 1 aromatic rings. The Hall–Kier alpha value is -1.60. The van der Waals surface area contributed by atoms with Gasteiger partial charge in [0.2, 0.25) is 0 Å². The van der Waals surface area contributed by atoms with Crippen LogP contribution in [0.5, 0.6) is 0 Å².